The Morgan fingerprint density at radius 2 is 1.69 bits per heavy atom. The number of nitrogens with zero attached hydrogens (tertiary/aromatic N) is 2. The van der Waals surface area contributed by atoms with Gasteiger partial charge in [-0.25, -0.2) is 25.9 Å². The highest BCUT2D eigenvalue weighted by Crippen LogP contribution is 2.33. The Labute approximate surface area is 188 Å². The number of anilines is 1. The van der Waals surface area contributed by atoms with E-state index in [2.05, 4.69) is 4.72 Å². The van der Waals surface area contributed by atoms with Crippen LogP contribution in [0.1, 0.15) is 36.7 Å². The number of fused-ring (bicyclic) bond motifs is 1. The van der Waals surface area contributed by atoms with Gasteiger partial charge in [0.15, 0.2) is 0 Å². The zero-order valence-electron chi connectivity index (χ0n) is 18.1. The zero-order chi connectivity index (χ0) is 23.7. The van der Waals surface area contributed by atoms with E-state index < -0.39 is 31.8 Å². The first-order valence-corrected chi connectivity index (χ1v) is 13.2. The quantitative estimate of drug-likeness (QED) is 0.621. The molecule has 11 heteroatoms. The molecule has 1 amide bonds. The number of rotatable bonds is 8. The van der Waals surface area contributed by atoms with Gasteiger partial charge in [-0.15, -0.1) is 0 Å². The van der Waals surface area contributed by atoms with Crippen LogP contribution >= 0.6 is 0 Å². The van der Waals surface area contributed by atoms with Gasteiger partial charge in [-0.2, -0.15) is 4.31 Å². The predicted molar refractivity (Wildman–Crippen MR) is 119 cm³/mol. The average Bonchev–Trinajstić information content (AvgIpc) is 3.17. The van der Waals surface area contributed by atoms with E-state index in [1.165, 1.54) is 21.3 Å². The lowest BCUT2D eigenvalue weighted by molar-refractivity contribution is 0.0985. The van der Waals surface area contributed by atoms with Crippen molar-refractivity contribution in [2.24, 2.45) is 0 Å². The van der Waals surface area contributed by atoms with Gasteiger partial charge < -0.3 is 4.90 Å². The molecule has 32 heavy (non-hydrogen) atoms. The Kier molecular flexibility index (Phi) is 7.03. The molecule has 0 fully saturated rings. The normalized spacial score (nSPS) is 14.1. The summed E-state index contributed by atoms with van der Waals surface area (Å²) in [4.78, 5) is 14.4. The van der Waals surface area contributed by atoms with Crippen molar-refractivity contribution in [3.05, 3.63) is 53.3 Å². The fourth-order valence-corrected chi connectivity index (χ4v) is 6.29. The molecule has 1 heterocycles. The van der Waals surface area contributed by atoms with Gasteiger partial charge in [-0.05, 0) is 48.4 Å². The lowest BCUT2D eigenvalue weighted by Gasteiger charge is -2.20. The summed E-state index contributed by atoms with van der Waals surface area (Å²) in [5.74, 6) is -1.52. The van der Waals surface area contributed by atoms with Crippen LogP contribution in [0.5, 0.6) is 0 Å². The molecule has 2 aromatic rings. The molecule has 1 aliphatic heterocycles. The van der Waals surface area contributed by atoms with E-state index >= 15 is 0 Å². The number of carbonyl (C=O) groups excluding carboxylic acids is 1. The molecule has 0 aromatic heterocycles. The first-order valence-electron chi connectivity index (χ1n) is 10.3. The number of hydrogen-bond acceptors (Lipinski definition) is 5. The number of benzene rings is 2. The molecule has 0 spiro atoms. The SMILES string of the molecule is CCNS(=O)(=O)c1ccc(F)c(C(=O)N2CCc3cc(S(=O)(=O)N(CC)CC)ccc32)c1. The van der Waals surface area contributed by atoms with Crippen LogP contribution in [0.3, 0.4) is 0 Å². The topological polar surface area (TPSA) is 104 Å². The lowest BCUT2D eigenvalue weighted by Crippen LogP contribution is -2.31. The highest BCUT2D eigenvalue weighted by molar-refractivity contribution is 7.89. The number of nitrogens with one attached hydrogen (secondary N) is 1. The Bertz CT molecular complexity index is 1240. The van der Waals surface area contributed by atoms with Gasteiger partial charge in [0, 0.05) is 31.9 Å². The molecule has 8 nitrogen and oxygen atoms in total. The van der Waals surface area contributed by atoms with Crippen molar-refractivity contribution < 1.29 is 26.0 Å². The minimum absolute atomic E-state index is 0.138. The third-order valence-electron chi connectivity index (χ3n) is 5.35. The maximum absolute atomic E-state index is 14.5. The fourth-order valence-electron chi connectivity index (χ4n) is 3.72. The molecule has 0 atom stereocenters. The van der Waals surface area contributed by atoms with Gasteiger partial charge in [0.05, 0.1) is 15.4 Å². The molecular formula is C21H26FN3O5S2. The molecule has 1 aliphatic rings. The van der Waals surface area contributed by atoms with E-state index in [1.807, 2.05) is 0 Å². The minimum Gasteiger partial charge on any atom is -0.308 e. The van der Waals surface area contributed by atoms with Crippen LogP contribution in [0.2, 0.25) is 0 Å². The molecule has 0 radical (unpaired) electrons. The number of carbonyl (C=O) groups is 1. The predicted octanol–water partition coefficient (Wildman–Crippen LogP) is 2.36. The van der Waals surface area contributed by atoms with Crippen molar-refractivity contribution in [2.75, 3.05) is 31.1 Å². The van der Waals surface area contributed by atoms with Crippen LogP contribution < -0.4 is 9.62 Å². The van der Waals surface area contributed by atoms with E-state index in [-0.39, 0.29) is 28.4 Å². The second-order valence-corrected chi connectivity index (χ2v) is 10.9. The third-order valence-corrected chi connectivity index (χ3v) is 8.94. The van der Waals surface area contributed by atoms with Crippen molar-refractivity contribution in [2.45, 2.75) is 37.0 Å². The fraction of sp³-hybridized carbons (Fsp3) is 0.381. The number of hydrogen-bond donors (Lipinski definition) is 1. The van der Waals surface area contributed by atoms with E-state index in [9.17, 15) is 26.0 Å². The first-order chi connectivity index (χ1) is 15.1. The Morgan fingerprint density at radius 3 is 2.31 bits per heavy atom. The van der Waals surface area contributed by atoms with E-state index in [0.717, 1.165) is 18.2 Å². The molecule has 0 aliphatic carbocycles. The molecule has 0 saturated carbocycles. The highest BCUT2D eigenvalue weighted by atomic mass is 32.2. The maximum Gasteiger partial charge on any atom is 0.261 e. The van der Waals surface area contributed by atoms with Crippen LogP contribution in [-0.2, 0) is 26.5 Å². The van der Waals surface area contributed by atoms with Crippen LogP contribution in [0, 0.1) is 5.82 Å². The summed E-state index contributed by atoms with van der Waals surface area (Å²) in [6.07, 6.45) is 0.402. The molecular weight excluding hydrogens is 457 g/mol. The van der Waals surface area contributed by atoms with Gasteiger partial charge in [0.25, 0.3) is 5.91 Å². The summed E-state index contributed by atoms with van der Waals surface area (Å²) < 4.78 is 68.2. The maximum atomic E-state index is 14.5. The van der Waals surface area contributed by atoms with Gasteiger partial charge in [-0.1, -0.05) is 20.8 Å². The van der Waals surface area contributed by atoms with Crippen molar-refractivity contribution in [1.82, 2.24) is 9.03 Å². The summed E-state index contributed by atoms with van der Waals surface area (Å²) in [6.45, 7) is 6.19. The molecule has 3 rings (SSSR count). The van der Waals surface area contributed by atoms with E-state index in [0.29, 0.717) is 30.8 Å². The monoisotopic (exact) mass is 483 g/mol. The van der Waals surface area contributed by atoms with Gasteiger partial charge in [0.2, 0.25) is 20.0 Å². The van der Waals surface area contributed by atoms with Crippen LogP contribution in [0.4, 0.5) is 10.1 Å². The zero-order valence-corrected chi connectivity index (χ0v) is 19.8. The van der Waals surface area contributed by atoms with Crippen molar-refractivity contribution in [3.63, 3.8) is 0 Å². The Balaban J connectivity index is 1.96. The number of sulfonamides is 2. The third kappa shape index (κ3) is 4.42. The summed E-state index contributed by atoms with van der Waals surface area (Å²) in [5, 5.41) is 0. The molecule has 1 N–H and O–H groups in total. The summed E-state index contributed by atoms with van der Waals surface area (Å²) in [5.41, 5.74) is 0.771. The molecule has 0 bridgehead atoms. The summed E-state index contributed by atoms with van der Waals surface area (Å²) in [6, 6.07) is 7.58. The molecule has 2 aromatic carbocycles. The molecule has 0 unspecified atom stereocenters. The average molecular weight is 484 g/mol. The second kappa shape index (κ2) is 9.26. The van der Waals surface area contributed by atoms with Crippen LogP contribution in [0.25, 0.3) is 0 Å². The van der Waals surface area contributed by atoms with Gasteiger partial charge >= 0.3 is 0 Å². The minimum atomic E-state index is -3.86. The molecule has 0 saturated heterocycles. The lowest BCUT2D eigenvalue weighted by atomic mass is 10.1. The molecule has 174 valence electrons. The van der Waals surface area contributed by atoms with Crippen molar-refractivity contribution >= 4 is 31.6 Å². The standard InChI is InChI=1S/C21H26FN3O5S2/c1-4-23-31(27,28)16-7-9-19(22)18(14-16)21(26)25-12-11-15-13-17(8-10-20(15)25)32(29,30)24(5-2)6-3/h7-10,13-14,23H,4-6,11-12H2,1-3H3. The van der Waals surface area contributed by atoms with Gasteiger partial charge in [0.1, 0.15) is 5.82 Å². The Hall–Kier alpha value is -2.34. The van der Waals surface area contributed by atoms with Crippen molar-refractivity contribution in [3.8, 4) is 0 Å². The summed E-state index contributed by atoms with van der Waals surface area (Å²) >= 11 is 0. The number of amides is 1. The van der Waals surface area contributed by atoms with E-state index in [4.69, 9.17) is 0 Å². The van der Waals surface area contributed by atoms with Crippen LogP contribution in [0.15, 0.2) is 46.2 Å². The van der Waals surface area contributed by atoms with Crippen LogP contribution in [-0.4, -0.2) is 53.2 Å². The smallest absolute Gasteiger partial charge is 0.261 e. The largest absolute Gasteiger partial charge is 0.308 e. The van der Waals surface area contributed by atoms with E-state index in [1.54, 1.807) is 26.8 Å². The second-order valence-electron chi connectivity index (χ2n) is 7.23. The van der Waals surface area contributed by atoms with Crippen molar-refractivity contribution in [1.29, 1.82) is 0 Å². The highest BCUT2D eigenvalue weighted by Gasteiger charge is 2.30. The van der Waals surface area contributed by atoms with Gasteiger partial charge in [-0.3, -0.25) is 4.79 Å². The number of halogens is 1. The first kappa shape index (κ1) is 24.3. The Morgan fingerprint density at radius 1 is 1.03 bits per heavy atom. The summed E-state index contributed by atoms with van der Waals surface area (Å²) in [7, 11) is -7.51.